The molecule has 0 aliphatic carbocycles. The van der Waals surface area contributed by atoms with Crippen LogP contribution in [0.25, 0.3) is 11.0 Å². The smallest absolute Gasteiger partial charge is 0.416 e. The highest BCUT2D eigenvalue weighted by Crippen LogP contribution is 2.37. The SMILES string of the molecule is NC(=O)c1cc2cc(Br)ccc2o/c1=N\c1cc(C(F)(F)F)ccc1N1CCCCC1. The Balaban J connectivity index is 1.95. The molecule has 31 heavy (non-hydrogen) atoms. The van der Waals surface area contributed by atoms with Crippen molar-refractivity contribution in [1.82, 2.24) is 0 Å². The molecule has 0 unspecified atom stereocenters. The highest BCUT2D eigenvalue weighted by Gasteiger charge is 2.31. The molecule has 1 aliphatic rings. The maximum absolute atomic E-state index is 13.4. The summed E-state index contributed by atoms with van der Waals surface area (Å²) in [5.41, 5.74) is 5.64. The quantitative estimate of drug-likeness (QED) is 0.520. The van der Waals surface area contributed by atoms with Crippen molar-refractivity contribution in [1.29, 1.82) is 0 Å². The number of benzene rings is 2. The lowest BCUT2D eigenvalue weighted by atomic mass is 10.1. The number of carbonyl (C=O) groups is 1. The van der Waals surface area contributed by atoms with Gasteiger partial charge in [-0.2, -0.15) is 13.2 Å². The summed E-state index contributed by atoms with van der Waals surface area (Å²) in [6, 6.07) is 10.2. The van der Waals surface area contributed by atoms with Gasteiger partial charge < -0.3 is 15.1 Å². The first-order valence-electron chi connectivity index (χ1n) is 9.76. The van der Waals surface area contributed by atoms with Crippen LogP contribution in [0.1, 0.15) is 35.2 Å². The minimum Gasteiger partial charge on any atom is -0.438 e. The van der Waals surface area contributed by atoms with Gasteiger partial charge in [-0.3, -0.25) is 4.79 Å². The molecule has 2 aromatic carbocycles. The van der Waals surface area contributed by atoms with E-state index in [-0.39, 0.29) is 16.8 Å². The lowest BCUT2D eigenvalue weighted by Crippen LogP contribution is -2.29. The number of nitrogens with zero attached hydrogens (tertiary/aromatic N) is 2. The summed E-state index contributed by atoms with van der Waals surface area (Å²) in [6.07, 6.45) is -1.56. The van der Waals surface area contributed by atoms with Crippen LogP contribution in [0.4, 0.5) is 24.5 Å². The van der Waals surface area contributed by atoms with Crippen LogP contribution < -0.4 is 16.2 Å². The molecule has 4 rings (SSSR count). The van der Waals surface area contributed by atoms with E-state index in [1.807, 2.05) is 4.90 Å². The Morgan fingerprint density at radius 2 is 1.81 bits per heavy atom. The Bertz CT molecular complexity index is 1210. The van der Waals surface area contributed by atoms with Crippen LogP contribution >= 0.6 is 15.9 Å². The fourth-order valence-corrected chi connectivity index (χ4v) is 4.04. The van der Waals surface area contributed by atoms with E-state index in [0.29, 0.717) is 16.7 Å². The molecule has 1 aromatic heterocycles. The zero-order valence-electron chi connectivity index (χ0n) is 16.4. The molecule has 1 amide bonds. The molecule has 0 radical (unpaired) electrons. The number of piperidine rings is 1. The molecule has 9 heteroatoms. The Morgan fingerprint density at radius 1 is 1.06 bits per heavy atom. The van der Waals surface area contributed by atoms with Gasteiger partial charge in [0.25, 0.3) is 5.91 Å². The molecule has 0 atom stereocenters. The molecule has 3 aromatic rings. The molecule has 1 aliphatic heterocycles. The number of alkyl halides is 3. The maximum atomic E-state index is 13.4. The molecule has 0 spiro atoms. The Labute approximate surface area is 184 Å². The van der Waals surface area contributed by atoms with E-state index in [1.54, 1.807) is 18.2 Å². The van der Waals surface area contributed by atoms with Crippen LogP contribution in [0.5, 0.6) is 0 Å². The largest absolute Gasteiger partial charge is 0.438 e. The van der Waals surface area contributed by atoms with E-state index in [4.69, 9.17) is 10.2 Å². The van der Waals surface area contributed by atoms with Crippen molar-refractivity contribution >= 4 is 44.2 Å². The lowest BCUT2D eigenvalue weighted by molar-refractivity contribution is -0.137. The Kier molecular flexibility index (Phi) is 5.79. The van der Waals surface area contributed by atoms with Crippen molar-refractivity contribution in [2.45, 2.75) is 25.4 Å². The first kappa shape index (κ1) is 21.4. The first-order valence-corrected chi connectivity index (χ1v) is 10.6. The normalized spacial score (nSPS) is 15.5. The third-order valence-electron chi connectivity index (χ3n) is 5.20. The number of halogens is 4. The molecule has 0 bridgehead atoms. The van der Waals surface area contributed by atoms with Gasteiger partial charge in [-0.05, 0) is 61.7 Å². The summed E-state index contributed by atoms with van der Waals surface area (Å²) in [5, 5.41) is 0.613. The second kappa shape index (κ2) is 8.37. The van der Waals surface area contributed by atoms with Crippen molar-refractivity contribution in [3.8, 4) is 0 Å². The molecule has 2 heterocycles. The third-order valence-corrected chi connectivity index (χ3v) is 5.69. The summed E-state index contributed by atoms with van der Waals surface area (Å²) in [7, 11) is 0. The molecule has 2 N–H and O–H groups in total. The fraction of sp³-hybridized carbons (Fsp3) is 0.273. The number of anilines is 1. The van der Waals surface area contributed by atoms with Crippen LogP contribution in [-0.4, -0.2) is 19.0 Å². The van der Waals surface area contributed by atoms with Gasteiger partial charge in [0.05, 0.1) is 16.9 Å². The predicted octanol–water partition coefficient (Wildman–Crippen LogP) is 5.54. The average Bonchev–Trinajstić information content (AvgIpc) is 2.73. The number of amides is 1. The Hall–Kier alpha value is -2.81. The second-order valence-electron chi connectivity index (χ2n) is 7.37. The fourth-order valence-electron chi connectivity index (χ4n) is 3.66. The van der Waals surface area contributed by atoms with Gasteiger partial charge in [-0.15, -0.1) is 0 Å². The van der Waals surface area contributed by atoms with Gasteiger partial charge in [0.1, 0.15) is 11.1 Å². The first-order chi connectivity index (χ1) is 14.7. The number of hydrogen-bond acceptors (Lipinski definition) is 4. The molecule has 0 saturated carbocycles. The van der Waals surface area contributed by atoms with Gasteiger partial charge in [0.2, 0.25) is 5.55 Å². The van der Waals surface area contributed by atoms with Crippen LogP contribution in [0.15, 0.2) is 56.3 Å². The van der Waals surface area contributed by atoms with Crippen LogP contribution in [0, 0.1) is 0 Å². The minimum atomic E-state index is -4.52. The zero-order valence-corrected chi connectivity index (χ0v) is 18.0. The van der Waals surface area contributed by atoms with Crippen molar-refractivity contribution < 1.29 is 22.4 Å². The summed E-state index contributed by atoms with van der Waals surface area (Å²) < 4.78 is 46.7. The third kappa shape index (κ3) is 4.61. The molecular weight excluding hydrogens is 475 g/mol. The summed E-state index contributed by atoms with van der Waals surface area (Å²) >= 11 is 3.35. The van der Waals surface area contributed by atoms with Crippen molar-refractivity contribution in [2.75, 3.05) is 18.0 Å². The standard InChI is InChI=1S/C22H19BrF3N3O2/c23-15-5-7-19-13(10-15)11-16(20(27)30)21(31-19)28-17-12-14(22(24,25)26)4-6-18(17)29-8-2-1-3-9-29/h4-7,10-12H,1-3,8-9H2,(H2,27,30)/b28-21-. The van der Waals surface area contributed by atoms with E-state index < -0.39 is 17.6 Å². The van der Waals surface area contributed by atoms with E-state index in [0.717, 1.165) is 49.0 Å². The van der Waals surface area contributed by atoms with E-state index >= 15 is 0 Å². The maximum Gasteiger partial charge on any atom is 0.416 e. The lowest BCUT2D eigenvalue weighted by Gasteiger charge is -2.30. The van der Waals surface area contributed by atoms with E-state index in [2.05, 4.69) is 20.9 Å². The molecule has 5 nitrogen and oxygen atoms in total. The van der Waals surface area contributed by atoms with Gasteiger partial charge in [0, 0.05) is 22.9 Å². The number of rotatable bonds is 3. The number of nitrogens with two attached hydrogens (primary N) is 1. The molecular formula is C22H19BrF3N3O2. The van der Waals surface area contributed by atoms with Crippen molar-refractivity contribution in [2.24, 2.45) is 10.7 Å². The van der Waals surface area contributed by atoms with Crippen molar-refractivity contribution in [3.63, 3.8) is 0 Å². The Morgan fingerprint density at radius 3 is 2.48 bits per heavy atom. The number of hydrogen-bond donors (Lipinski definition) is 1. The van der Waals surface area contributed by atoms with E-state index in [9.17, 15) is 18.0 Å². The topological polar surface area (TPSA) is 71.8 Å². The number of carbonyl (C=O) groups excluding carboxylic acids is 1. The number of fused-ring (bicyclic) bond motifs is 1. The zero-order chi connectivity index (χ0) is 22.2. The minimum absolute atomic E-state index is 0.00685. The number of primary amides is 1. The van der Waals surface area contributed by atoms with Crippen molar-refractivity contribution in [3.05, 3.63) is 63.6 Å². The molecule has 1 saturated heterocycles. The second-order valence-corrected chi connectivity index (χ2v) is 8.29. The highest BCUT2D eigenvalue weighted by atomic mass is 79.9. The van der Waals surface area contributed by atoms with Crippen LogP contribution in [-0.2, 0) is 6.18 Å². The van der Waals surface area contributed by atoms with Crippen LogP contribution in [0.3, 0.4) is 0 Å². The van der Waals surface area contributed by atoms with Gasteiger partial charge in [0.15, 0.2) is 0 Å². The summed E-state index contributed by atoms with van der Waals surface area (Å²) in [6.45, 7) is 1.44. The van der Waals surface area contributed by atoms with Gasteiger partial charge >= 0.3 is 6.18 Å². The summed E-state index contributed by atoms with van der Waals surface area (Å²) in [4.78, 5) is 18.4. The average molecular weight is 494 g/mol. The van der Waals surface area contributed by atoms with Gasteiger partial charge in [-0.1, -0.05) is 15.9 Å². The molecule has 162 valence electrons. The molecule has 1 fully saturated rings. The predicted molar refractivity (Wildman–Crippen MR) is 115 cm³/mol. The summed E-state index contributed by atoms with van der Waals surface area (Å²) in [5.74, 6) is -0.782. The van der Waals surface area contributed by atoms with E-state index in [1.165, 1.54) is 12.1 Å². The highest BCUT2D eigenvalue weighted by molar-refractivity contribution is 9.10. The monoisotopic (exact) mass is 493 g/mol. The van der Waals surface area contributed by atoms with Crippen LogP contribution in [0.2, 0.25) is 0 Å². The van der Waals surface area contributed by atoms with Gasteiger partial charge in [-0.25, -0.2) is 4.99 Å².